The van der Waals surface area contributed by atoms with E-state index in [1.54, 1.807) is 17.0 Å². The van der Waals surface area contributed by atoms with Crippen molar-refractivity contribution in [3.05, 3.63) is 17.7 Å². The van der Waals surface area contributed by atoms with Crippen molar-refractivity contribution in [2.24, 2.45) is 0 Å². The minimum Gasteiger partial charge on any atom is -0.502 e. The first kappa shape index (κ1) is 26.2. The average molecular weight is 476 g/mol. The number of nitrogens with zero attached hydrogens (tertiary/aromatic N) is 1. The van der Waals surface area contributed by atoms with Gasteiger partial charge in [-0.3, -0.25) is 4.79 Å². The van der Waals surface area contributed by atoms with Gasteiger partial charge in [0.25, 0.3) is 0 Å². The van der Waals surface area contributed by atoms with Crippen LogP contribution in [0.3, 0.4) is 0 Å². The molecule has 2 saturated carbocycles. The SMILES string of the molecule is C1CCCCC1.COc1cc(CC(=O)N2CCCCC2C(=O)OC2CCCC2)cc(OC)c1O. The quantitative estimate of drug-likeness (QED) is 0.572. The van der Waals surface area contributed by atoms with Crippen LogP contribution in [-0.2, 0) is 20.7 Å². The van der Waals surface area contributed by atoms with Crippen molar-refractivity contribution in [2.75, 3.05) is 20.8 Å². The smallest absolute Gasteiger partial charge is 0.329 e. The van der Waals surface area contributed by atoms with Gasteiger partial charge < -0.3 is 24.2 Å². The van der Waals surface area contributed by atoms with Gasteiger partial charge in [-0.25, -0.2) is 4.79 Å². The number of likely N-dealkylation sites (tertiary alicyclic amines) is 1. The molecule has 1 N–H and O–H groups in total. The van der Waals surface area contributed by atoms with Crippen molar-refractivity contribution in [3.8, 4) is 17.2 Å². The zero-order valence-corrected chi connectivity index (χ0v) is 20.9. The summed E-state index contributed by atoms with van der Waals surface area (Å²) in [6, 6.07) is 2.72. The van der Waals surface area contributed by atoms with Gasteiger partial charge in [0, 0.05) is 6.54 Å². The van der Waals surface area contributed by atoms with Gasteiger partial charge in [0.05, 0.1) is 20.6 Å². The molecule has 1 aromatic carbocycles. The minimum atomic E-state index is -0.511. The van der Waals surface area contributed by atoms with Crippen LogP contribution in [0.25, 0.3) is 0 Å². The van der Waals surface area contributed by atoms with E-state index in [-0.39, 0.29) is 41.6 Å². The molecule has 1 aromatic rings. The number of piperidine rings is 1. The molecule has 0 aromatic heterocycles. The largest absolute Gasteiger partial charge is 0.502 e. The van der Waals surface area contributed by atoms with Gasteiger partial charge in [-0.2, -0.15) is 0 Å². The van der Waals surface area contributed by atoms with Gasteiger partial charge >= 0.3 is 5.97 Å². The summed E-state index contributed by atoms with van der Waals surface area (Å²) in [5.74, 6) is -0.0168. The van der Waals surface area contributed by atoms with Crippen LogP contribution in [-0.4, -0.2) is 54.8 Å². The maximum atomic E-state index is 13.0. The highest BCUT2D eigenvalue weighted by Crippen LogP contribution is 2.37. The molecule has 1 aliphatic heterocycles. The van der Waals surface area contributed by atoms with E-state index < -0.39 is 6.04 Å². The number of esters is 1. The lowest BCUT2D eigenvalue weighted by molar-refractivity contribution is -0.161. The number of methoxy groups -OCH3 is 2. The number of hydrogen-bond donors (Lipinski definition) is 1. The number of amides is 1. The summed E-state index contributed by atoms with van der Waals surface area (Å²) >= 11 is 0. The van der Waals surface area contributed by atoms with Crippen LogP contribution in [0.5, 0.6) is 17.2 Å². The lowest BCUT2D eigenvalue weighted by Gasteiger charge is -2.34. The number of carbonyl (C=O) groups is 2. The van der Waals surface area contributed by atoms with Crippen molar-refractivity contribution in [1.29, 1.82) is 0 Å². The van der Waals surface area contributed by atoms with E-state index in [2.05, 4.69) is 0 Å². The molecule has 2 aliphatic carbocycles. The first-order valence-electron chi connectivity index (χ1n) is 13.0. The number of aromatic hydroxyl groups is 1. The second-order valence-corrected chi connectivity index (χ2v) is 9.59. The predicted molar refractivity (Wildman–Crippen MR) is 130 cm³/mol. The molecule has 7 heteroatoms. The first-order chi connectivity index (χ1) is 16.5. The van der Waals surface area contributed by atoms with Gasteiger partial charge in [-0.15, -0.1) is 0 Å². The van der Waals surface area contributed by atoms with Crippen molar-refractivity contribution < 1.29 is 28.9 Å². The molecular formula is C27H41NO6. The Morgan fingerprint density at radius 3 is 1.91 bits per heavy atom. The highest BCUT2D eigenvalue weighted by Gasteiger charge is 2.35. The Labute approximate surface area is 203 Å². The molecule has 1 heterocycles. The summed E-state index contributed by atoms with van der Waals surface area (Å²) in [7, 11) is 2.89. The Hall–Kier alpha value is -2.44. The van der Waals surface area contributed by atoms with E-state index >= 15 is 0 Å². The second kappa shape index (κ2) is 13.4. The molecule has 0 bridgehead atoms. The molecular weight excluding hydrogens is 434 g/mol. The number of phenols is 1. The molecule has 1 unspecified atom stereocenters. The van der Waals surface area contributed by atoms with Crippen molar-refractivity contribution in [2.45, 2.75) is 102 Å². The number of rotatable bonds is 6. The molecule has 1 atom stereocenters. The summed E-state index contributed by atoms with van der Waals surface area (Å²) in [5, 5.41) is 10.0. The van der Waals surface area contributed by atoms with Crippen molar-refractivity contribution in [3.63, 3.8) is 0 Å². The van der Waals surface area contributed by atoms with E-state index in [0.29, 0.717) is 18.5 Å². The molecule has 1 saturated heterocycles. The molecule has 3 aliphatic rings. The summed E-state index contributed by atoms with van der Waals surface area (Å²) in [4.78, 5) is 27.3. The highest BCUT2D eigenvalue weighted by molar-refractivity contribution is 5.86. The monoisotopic (exact) mass is 475 g/mol. The molecule has 4 rings (SSSR count). The average Bonchev–Trinajstić information content (AvgIpc) is 3.39. The zero-order valence-electron chi connectivity index (χ0n) is 20.9. The number of benzene rings is 1. The summed E-state index contributed by atoms with van der Waals surface area (Å²) in [6.45, 7) is 0.551. The van der Waals surface area contributed by atoms with Crippen LogP contribution in [0, 0.1) is 0 Å². The second-order valence-electron chi connectivity index (χ2n) is 9.59. The van der Waals surface area contributed by atoms with Gasteiger partial charge in [0.15, 0.2) is 11.5 Å². The number of phenolic OH excluding ortho intramolecular Hbond substituents is 1. The standard InChI is InChI=1S/C21H29NO6.C6H12/c1-26-17-11-14(12-18(27-2)20(17)24)13-19(23)22-10-6-5-9-16(22)21(25)28-15-7-3-4-8-15;1-2-4-6-5-3-1/h11-12,15-16,24H,3-10,13H2,1-2H3;1-6H2. The van der Waals surface area contributed by atoms with Crippen LogP contribution in [0.1, 0.15) is 89.0 Å². The number of carbonyl (C=O) groups excluding carboxylic acids is 2. The van der Waals surface area contributed by atoms with E-state index in [1.165, 1.54) is 52.7 Å². The van der Waals surface area contributed by atoms with E-state index in [9.17, 15) is 14.7 Å². The molecule has 1 amide bonds. The zero-order chi connectivity index (χ0) is 24.3. The van der Waals surface area contributed by atoms with Gasteiger partial charge in [-0.1, -0.05) is 38.5 Å². The number of hydrogen-bond acceptors (Lipinski definition) is 6. The maximum Gasteiger partial charge on any atom is 0.329 e. The normalized spacial score (nSPS) is 20.8. The van der Waals surface area contributed by atoms with E-state index in [4.69, 9.17) is 14.2 Å². The third-order valence-corrected chi connectivity index (χ3v) is 7.08. The third kappa shape index (κ3) is 7.28. The number of ether oxygens (including phenoxy) is 3. The summed E-state index contributed by atoms with van der Waals surface area (Å²) in [5.41, 5.74) is 0.657. The summed E-state index contributed by atoms with van der Waals surface area (Å²) < 4.78 is 16.0. The Bertz CT molecular complexity index is 764. The van der Waals surface area contributed by atoms with Crippen molar-refractivity contribution in [1.82, 2.24) is 4.90 Å². The molecule has 7 nitrogen and oxygen atoms in total. The Kier molecular flexibility index (Phi) is 10.4. The topological polar surface area (TPSA) is 85.3 Å². The van der Waals surface area contributed by atoms with Crippen LogP contribution in [0.2, 0.25) is 0 Å². The fraction of sp³-hybridized carbons (Fsp3) is 0.704. The molecule has 190 valence electrons. The molecule has 34 heavy (non-hydrogen) atoms. The molecule has 0 spiro atoms. The predicted octanol–water partition coefficient (Wildman–Crippen LogP) is 5.16. The Balaban J connectivity index is 0.000000469. The molecule has 3 fully saturated rings. The van der Waals surface area contributed by atoms with Crippen LogP contribution < -0.4 is 9.47 Å². The Morgan fingerprint density at radius 1 is 0.853 bits per heavy atom. The fourth-order valence-electron chi connectivity index (χ4n) is 5.11. The minimum absolute atomic E-state index is 0.00278. The first-order valence-corrected chi connectivity index (χ1v) is 13.0. The van der Waals surface area contributed by atoms with E-state index in [1.807, 2.05) is 0 Å². The van der Waals surface area contributed by atoms with Crippen LogP contribution >= 0.6 is 0 Å². The molecule has 0 radical (unpaired) electrons. The lowest BCUT2D eigenvalue weighted by Crippen LogP contribution is -2.49. The van der Waals surface area contributed by atoms with Gasteiger partial charge in [0.1, 0.15) is 12.1 Å². The third-order valence-electron chi connectivity index (χ3n) is 7.08. The van der Waals surface area contributed by atoms with Crippen molar-refractivity contribution >= 4 is 11.9 Å². The van der Waals surface area contributed by atoms with Crippen LogP contribution in [0.15, 0.2) is 12.1 Å². The van der Waals surface area contributed by atoms with E-state index in [0.717, 1.165) is 38.5 Å². The maximum absolute atomic E-state index is 13.0. The van der Waals surface area contributed by atoms with Gasteiger partial charge in [-0.05, 0) is 62.6 Å². The lowest BCUT2D eigenvalue weighted by atomic mass is 10.0. The fourth-order valence-corrected chi connectivity index (χ4v) is 5.11. The van der Waals surface area contributed by atoms with Gasteiger partial charge in [0.2, 0.25) is 11.7 Å². The Morgan fingerprint density at radius 2 is 1.38 bits per heavy atom. The van der Waals surface area contributed by atoms with Crippen LogP contribution in [0.4, 0.5) is 0 Å². The highest BCUT2D eigenvalue weighted by atomic mass is 16.5. The summed E-state index contributed by atoms with van der Waals surface area (Å²) in [6.07, 6.45) is 15.5.